The van der Waals surface area contributed by atoms with Gasteiger partial charge in [0.1, 0.15) is 24.3 Å². The van der Waals surface area contributed by atoms with Crippen LogP contribution in [0.2, 0.25) is 0 Å². The van der Waals surface area contributed by atoms with Crippen LogP contribution >= 0.6 is 24.0 Å². The number of aliphatic hydroxyl groups excluding tert-OH is 1. The summed E-state index contributed by atoms with van der Waals surface area (Å²) >= 11 is 0. The summed E-state index contributed by atoms with van der Waals surface area (Å²) in [4.78, 5) is 9.35. The number of guanidine groups is 1. The van der Waals surface area contributed by atoms with Gasteiger partial charge in [0, 0.05) is 26.2 Å². The number of nitrogens with zero attached hydrogens (tertiary/aromatic N) is 3. The number of aliphatic imine (C=N–C) groups is 1. The number of benzene rings is 1. The molecule has 2 unspecified atom stereocenters. The first-order chi connectivity index (χ1) is 13.5. The van der Waals surface area contributed by atoms with E-state index in [-0.39, 0.29) is 42.9 Å². The van der Waals surface area contributed by atoms with Gasteiger partial charge in [-0.1, -0.05) is 13.8 Å². The lowest BCUT2D eigenvalue weighted by Crippen LogP contribution is -2.41. The maximum absolute atomic E-state index is 12.9. The molecule has 1 saturated heterocycles. The highest BCUT2D eigenvalue weighted by Gasteiger charge is 2.26. The molecule has 0 saturated carbocycles. The Hall–Kier alpha value is -1.13. The fourth-order valence-electron chi connectivity index (χ4n) is 3.41. The zero-order chi connectivity index (χ0) is 20.4. The second-order valence-corrected chi connectivity index (χ2v) is 7.20. The van der Waals surface area contributed by atoms with Gasteiger partial charge in [0.25, 0.3) is 0 Å². The van der Waals surface area contributed by atoms with Crippen molar-refractivity contribution in [2.75, 3.05) is 52.4 Å². The quantitative estimate of drug-likeness (QED) is 0.281. The van der Waals surface area contributed by atoms with E-state index in [1.165, 1.54) is 12.1 Å². The Kier molecular flexibility index (Phi) is 12.5. The Bertz CT molecular complexity index is 599. The predicted octanol–water partition coefficient (Wildman–Crippen LogP) is 2.81. The molecule has 1 fully saturated rings. The normalized spacial score (nSPS) is 17.9. The fraction of sp³-hybridized carbons (Fsp3) is 0.667. The molecule has 0 amide bonds. The lowest BCUT2D eigenvalue weighted by atomic mass is 10.1. The summed E-state index contributed by atoms with van der Waals surface area (Å²) in [7, 11) is 0. The van der Waals surface area contributed by atoms with Crippen molar-refractivity contribution in [1.82, 2.24) is 15.1 Å². The van der Waals surface area contributed by atoms with E-state index in [9.17, 15) is 9.50 Å². The van der Waals surface area contributed by atoms with Crippen molar-refractivity contribution in [3.8, 4) is 5.75 Å². The number of rotatable bonds is 10. The van der Waals surface area contributed by atoms with Crippen molar-refractivity contribution in [2.45, 2.75) is 33.3 Å². The number of nitrogens with one attached hydrogen (secondary N) is 1. The SMILES string of the molecule is CCNC(=NCC(O)COc1ccc(F)cc1)N1CCC(CN(CC)CC)C1.I. The highest BCUT2D eigenvalue weighted by molar-refractivity contribution is 14.0. The average Bonchev–Trinajstić information content (AvgIpc) is 3.17. The first kappa shape index (κ1) is 25.9. The molecule has 2 N–H and O–H groups in total. The molecule has 2 rings (SSSR count). The van der Waals surface area contributed by atoms with E-state index in [0.29, 0.717) is 11.7 Å². The van der Waals surface area contributed by atoms with Crippen molar-refractivity contribution in [3.05, 3.63) is 30.1 Å². The Balaban J connectivity index is 0.00000420. The molecule has 6 nitrogen and oxygen atoms in total. The van der Waals surface area contributed by atoms with E-state index in [0.717, 1.165) is 51.6 Å². The van der Waals surface area contributed by atoms with Gasteiger partial charge in [-0.25, -0.2) is 4.39 Å². The Morgan fingerprint density at radius 2 is 2.00 bits per heavy atom. The second-order valence-electron chi connectivity index (χ2n) is 7.20. The van der Waals surface area contributed by atoms with Gasteiger partial charge < -0.3 is 25.0 Å². The van der Waals surface area contributed by atoms with Gasteiger partial charge in [0.05, 0.1) is 6.54 Å². The summed E-state index contributed by atoms with van der Waals surface area (Å²) in [6.45, 7) is 12.9. The minimum Gasteiger partial charge on any atom is -0.491 e. The molecule has 0 bridgehead atoms. The molecule has 0 aromatic heterocycles. The van der Waals surface area contributed by atoms with E-state index in [1.54, 1.807) is 12.1 Å². The van der Waals surface area contributed by atoms with Crippen LogP contribution in [0.15, 0.2) is 29.3 Å². The summed E-state index contributed by atoms with van der Waals surface area (Å²) in [6.07, 6.45) is 0.449. The summed E-state index contributed by atoms with van der Waals surface area (Å²) in [5, 5.41) is 13.5. The number of hydrogen-bond acceptors (Lipinski definition) is 4. The smallest absolute Gasteiger partial charge is 0.194 e. The largest absolute Gasteiger partial charge is 0.491 e. The van der Waals surface area contributed by atoms with E-state index < -0.39 is 6.10 Å². The van der Waals surface area contributed by atoms with Crippen molar-refractivity contribution < 1.29 is 14.2 Å². The van der Waals surface area contributed by atoms with Crippen molar-refractivity contribution in [1.29, 1.82) is 0 Å². The molecule has 29 heavy (non-hydrogen) atoms. The summed E-state index contributed by atoms with van der Waals surface area (Å²) in [5.41, 5.74) is 0. The summed E-state index contributed by atoms with van der Waals surface area (Å²) < 4.78 is 18.4. The van der Waals surface area contributed by atoms with Crippen molar-refractivity contribution in [2.24, 2.45) is 10.9 Å². The molecule has 1 heterocycles. The average molecular weight is 522 g/mol. The summed E-state index contributed by atoms with van der Waals surface area (Å²) in [5.74, 6) is 1.73. The molecule has 0 aliphatic carbocycles. The van der Waals surface area contributed by atoms with Gasteiger partial charge in [-0.15, -0.1) is 24.0 Å². The molecule has 0 radical (unpaired) electrons. The molecule has 166 valence electrons. The van der Waals surface area contributed by atoms with E-state index in [1.807, 2.05) is 6.92 Å². The standard InChI is InChI=1S/C21H35FN4O2.HI/c1-4-23-21(26-12-11-17(15-26)14-25(5-2)6-3)24-13-19(27)16-28-20-9-7-18(22)8-10-20;/h7-10,17,19,27H,4-6,11-16H2,1-3H3,(H,23,24);1H. The molecular weight excluding hydrogens is 486 g/mol. The van der Waals surface area contributed by atoms with Crippen LogP contribution in [0.1, 0.15) is 27.2 Å². The molecule has 2 atom stereocenters. The minimum atomic E-state index is -0.715. The Morgan fingerprint density at radius 1 is 1.31 bits per heavy atom. The van der Waals surface area contributed by atoms with Gasteiger partial charge in [-0.05, 0) is 56.6 Å². The lowest BCUT2D eigenvalue weighted by Gasteiger charge is -2.24. The number of ether oxygens (including phenoxy) is 1. The predicted molar refractivity (Wildman–Crippen MR) is 127 cm³/mol. The van der Waals surface area contributed by atoms with Crippen LogP contribution in [0.3, 0.4) is 0 Å². The summed E-state index contributed by atoms with van der Waals surface area (Å²) in [6, 6.07) is 5.78. The third-order valence-electron chi connectivity index (χ3n) is 5.04. The van der Waals surface area contributed by atoms with E-state index in [2.05, 4.69) is 34.0 Å². The monoisotopic (exact) mass is 522 g/mol. The first-order valence-electron chi connectivity index (χ1n) is 10.4. The van der Waals surface area contributed by atoms with Crippen LogP contribution in [-0.2, 0) is 0 Å². The van der Waals surface area contributed by atoms with E-state index >= 15 is 0 Å². The second kappa shape index (κ2) is 14.0. The van der Waals surface area contributed by atoms with Crippen LogP contribution in [0, 0.1) is 11.7 Å². The zero-order valence-corrected chi connectivity index (χ0v) is 20.1. The highest BCUT2D eigenvalue weighted by atomic mass is 127. The van der Waals surface area contributed by atoms with Crippen LogP contribution < -0.4 is 10.1 Å². The number of aliphatic hydroxyl groups is 1. The molecule has 8 heteroatoms. The fourth-order valence-corrected chi connectivity index (χ4v) is 3.41. The molecule has 1 aromatic rings. The Morgan fingerprint density at radius 3 is 2.62 bits per heavy atom. The first-order valence-corrected chi connectivity index (χ1v) is 10.4. The number of likely N-dealkylation sites (tertiary alicyclic amines) is 1. The molecule has 0 spiro atoms. The molecule has 1 aliphatic rings. The number of hydrogen-bond donors (Lipinski definition) is 2. The van der Waals surface area contributed by atoms with Crippen LogP contribution in [0.5, 0.6) is 5.75 Å². The third-order valence-corrected chi connectivity index (χ3v) is 5.04. The van der Waals surface area contributed by atoms with Crippen LogP contribution in [0.4, 0.5) is 4.39 Å². The molecule has 1 aromatic carbocycles. The molecule has 1 aliphatic heterocycles. The van der Waals surface area contributed by atoms with Gasteiger partial charge in [0.2, 0.25) is 0 Å². The minimum absolute atomic E-state index is 0. The van der Waals surface area contributed by atoms with Crippen molar-refractivity contribution >= 4 is 29.9 Å². The topological polar surface area (TPSA) is 60.3 Å². The zero-order valence-electron chi connectivity index (χ0n) is 17.8. The highest BCUT2D eigenvalue weighted by Crippen LogP contribution is 2.18. The maximum Gasteiger partial charge on any atom is 0.194 e. The van der Waals surface area contributed by atoms with Crippen LogP contribution in [-0.4, -0.2) is 79.4 Å². The Labute approximate surface area is 191 Å². The maximum atomic E-state index is 12.9. The van der Waals surface area contributed by atoms with Gasteiger partial charge in [-0.3, -0.25) is 4.99 Å². The number of halogens is 2. The van der Waals surface area contributed by atoms with Crippen LogP contribution in [0.25, 0.3) is 0 Å². The van der Waals surface area contributed by atoms with Gasteiger partial charge in [0.15, 0.2) is 5.96 Å². The lowest BCUT2D eigenvalue weighted by molar-refractivity contribution is 0.114. The van der Waals surface area contributed by atoms with Gasteiger partial charge in [-0.2, -0.15) is 0 Å². The third kappa shape index (κ3) is 9.04. The molecular formula is C21H36FIN4O2. The van der Waals surface area contributed by atoms with Gasteiger partial charge >= 0.3 is 0 Å². The van der Waals surface area contributed by atoms with Crippen molar-refractivity contribution in [3.63, 3.8) is 0 Å². The van der Waals surface area contributed by atoms with E-state index in [4.69, 9.17) is 4.74 Å².